The fourth-order valence-corrected chi connectivity index (χ4v) is 1.73. The van der Waals surface area contributed by atoms with E-state index in [9.17, 15) is 4.79 Å². The molecule has 0 spiro atoms. The molecule has 0 heterocycles. The lowest BCUT2D eigenvalue weighted by atomic mass is 10.1. The van der Waals surface area contributed by atoms with Crippen molar-refractivity contribution in [2.45, 2.75) is 5.38 Å². The number of rotatable bonds is 2. The number of benzene rings is 1. The molecule has 4 heteroatoms. The Bertz CT molecular complexity index is 339. The minimum atomic E-state index is -0.710. The van der Waals surface area contributed by atoms with Crippen molar-refractivity contribution in [3.05, 3.63) is 34.9 Å². The summed E-state index contributed by atoms with van der Waals surface area (Å²) in [5.41, 5.74) is 0.648. The molecule has 14 heavy (non-hydrogen) atoms. The summed E-state index contributed by atoms with van der Waals surface area (Å²) in [7, 11) is 3.32. The molecule has 0 aromatic heterocycles. The Hall–Kier alpha value is -0.730. The molecule has 0 radical (unpaired) electrons. The number of likely N-dealkylation sites (N-methyl/N-ethyl adjacent to an activating group) is 1. The van der Waals surface area contributed by atoms with Crippen molar-refractivity contribution in [2.75, 3.05) is 14.1 Å². The molecule has 0 aliphatic carbocycles. The smallest absolute Gasteiger partial charge is 0.244 e. The van der Waals surface area contributed by atoms with E-state index < -0.39 is 5.38 Å². The van der Waals surface area contributed by atoms with E-state index in [4.69, 9.17) is 23.2 Å². The summed E-state index contributed by atoms with van der Waals surface area (Å²) in [5.74, 6) is -0.167. The zero-order valence-corrected chi connectivity index (χ0v) is 9.51. The molecule has 1 unspecified atom stereocenters. The van der Waals surface area contributed by atoms with E-state index in [-0.39, 0.29) is 5.91 Å². The number of amides is 1. The van der Waals surface area contributed by atoms with Gasteiger partial charge in [-0.3, -0.25) is 4.79 Å². The molecule has 2 nitrogen and oxygen atoms in total. The molecule has 1 aromatic carbocycles. The molecule has 1 rings (SSSR count). The number of halogens is 2. The molecule has 0 aliphatic heterocycles. The lowest BCUT2D eigenvalue weighted by Crippen LogP contribution is -2.25. The first-order valence-electron chi connectivity index (χ1n) is 4.13. The van der Waals surface area contributed by atoms with Gasteiger partial charge >= 0.3 is 0 Å². The number of hydrogen-bond donors (Lipinski definition) is 0. The SMILES string of the molecule is CN(C)C(=O)C(Cl)c1ccccc1Cl. The molecule has 1 atom stereocenters. The van der Waals surface area contributed by atoms with E-state index >= 15 is 0 Å². The van der Waals surface area contributed by atoms with Crippen LogP contribution >= 0.6 is 23.2 Å². The molecule has 0 N–H and O–H groups in total. The Morgan fingerprint density at radius 3 is 2.43 bits per heavy atom. The largest absolute Gasteiger partial charge is 0.347 e. The van der Waals surface area contributed by atoms with E-state index in [1.54, 1.807) is 38.4 Å². The van der Waals surface area contributed by atoms with Crippen molar-refractivity contribution in [1.29, 1.82) is 0 Å². The van der Waals surface area contributed by atoms with Crippen LogP contribution in [0.4, 0.5) is 0 Å². The van der Waals surface area contributed by atoms with Crippen LogP contribution in [0.5, 0.6) is 0 Å². The quantitative estimate of drug-likeness (QED) is 0.718. The molecule has 0 bridgehead atoms. The molecule has 0 aliphatic rings. The maximum atomic E-state index is 11.5. The predicted molar refractivity (Wildman–Crippen MR) is 58.7 cm³/mol. The summed E-state index contributed by atoms with van der Waals surface area (Å²) in [5, 5.41) is -0.193. The van der Waals surface area contributed by atoms with Crippen molar-refractivity contribution in [3.8, 4) is 0 Å². The maximum Gasteiger partial charge on any atom is 0.244 e. The van der Waals surface area contributed by atoms with Gasteiger partial charge in [0.2, 0.25) is 5.91 Å². The number of carbonyl (C=O) groups is 1. The van der Waals surface area contributed by atoms with E-state index in [2.05, 4.69) is 0 Å². The first-order chi connectivity index (χ1) is 6.54. The second-order valence-corrected chi connectivity index (χ2v) is 3.96. The molecule has 76 valence electrons. The van der Waals surface area contributed by atoms with Crippen molar-refractivity contribution in [1.82, 2.24) is 4.90 Å². The van der Waals surface area contributed by atoms with Crippen LogP contribution < -0.4 is 0 Å². The van der Waals surface area contributed by atoms with Crippen molar-refractivity contribution >= 4 is 29.1 Å². The van der Waals surface area contributed by atoms with Crippen molar-refractivity contribution in [3.63, 3.8) is 0 Å². The number of nitrogens with zero attached hydrogens (tertiary/aromatic N) is 1. The second-order valence-electron chi connectivity index (χ2n) is 3.12. The third kappa shape index (κ3) is 2.40. The lowest BCUT2D eigenvalue weighted by Gasteiger charge is -2.16. The Morgan fingerprint density at radius 1 is 1.36 bits per heavy atom. The average molecular weight is 232 g/mol. The zero-order chi connectivity index (χ0) is 10.7. The summed E-state index contributed by atoms with van der Waals surface area (Å²) < 4.78 is 0. The first kappa shape index (κ1) is 11.3. The summed E-state index contributed by atoms with van der Waals surface area (Å²) in [6, 6.07) is 7.08. The van der Waals surface area contributed by atoms with Gasteiger partial charge in [0.1, 0.15) is 5.38 Å². The molecular weight excluding hydrogens is 221 g/mol. The molecule has 0 saturated carbocycles. The minimum Gasteiger partial charge on any atom is -0.347 e. The van der Waals surface area contributed by atoms with Crippen LogP contribution in [0.2, 0.25) is 5.02 Å². The van der Waals surface area contributed by atoms with Crippen LogP contribution in [0.1, 0.15) is 10.9 Å². The van der Waals surface area contributed by atoms with Gasteiger partial charge in [-0.2, -0.15) is 0 Å². The normalized spacial score (nSPS) is 12.3. The fourth-order valence-electron chi connectivity index (χ4n) is 1.04. The van der Waals surface area contributed by atoms with Gasteiger partial charge in [-0.1, -0.05) is 29.8 Å². The topological polar surface area (TPSA) is 20.3 Å². The van der Waals surface area contributed by atoms with Gasteiger partial charge in [-0.15, -0.1) is 11.6 Å². The highest BCUT2D eigenvalue weighted by Crippen LogP contribution is 2.28. The Balaban J connectivity index is 2.95. The number of carbonyl (C=O) groups excluding carboxylic acids is 1. The summed E-state index contributed by atoms with van der Waals surface area (Å²) in [6.07, 6.45) is 0. The second kappa shape index (κ2) is 4.67. The van der Waals surface area contributed by atoms with Gasteiger partial charge in [-0.05, 0) is 11.6 Å². The lowest BCUT2D eigenvalue weighted by molar-refractivity contribution is -0.128. The summed E-state index contributed by atoms with van der Waals surface area (Å²) >= 11 is 11.9. The van der Waals surface area contributed by atoms with E-state index in [1.807, 2.05) is 0 Å². The highest BCUT2D eigenvalue weighted by molar-refractivity contribution is 6.35. The van der Waals surface area contributed by atoms with Crippen LogP contribution in [0, 0.1) is 0 Å². The molecular formula is C10H11Cl2NO. The van der Waals surface area contributed by atoms with E-state index in [1.165, 1.54) is 4.90 Å². The predicted octanol–water partition coefficient (Wildman–Crippen LogP) is 2.71. The Morgan fingerprint density at radius 2 is 1.93 bits per heavy atom. The minimum absolute atomic E-state index is 0.167. The highest BCUT2D eigenvalue weighted by atomic mass is 35.5. The van der Waals surface area contributed by atoms with Gasteiger partial charge in [0.15, 0.2) is 0 Å². The zero-order valence-electron chi connectivity index (χ0n) is 8.00. The molecule has 1 aromatic rings. The van der Waals surface area contributed by atoms with E-state index in [0.717, 1.165) is 0 Å². The van der Waals surface area contributed by atoms with Gasteiger partial charge < -0.3 is 4.90 Å². The van der Waals surface area contributed by atoms with E-state index in [0.29, 0.717) is 10.6 Å². The third-order valence-corrected chi connectivity index (χ3v) is 2.60. The van der Waals surface area contributed by atoms with Crippen molar-refractivity contribution < 1.29 is 4.79 Å². The number of alkyl halides is 1. The van der Waals surface area contributed by atoms with Gasteiger partial charge in [0.25, 0.3) is 0 Å². The number of hydrogen-bond acceptors (Lipinski definition) is 1. The summed E-state index contributed by atoms with van der Waals surface area (Å²) in [6.45, 7) is 0. The van der Waals surface area contributed by atoms with Gasteiger partial charge in [0, 0.05) is 19.1 Å². The first-order valence-corrected chi connectivity index (χ1v) is 4.95. The molecule has 1 amide bonds. The molecule has 0 saturated heterocycles. The van der Waals surface area contributed by atoms with Crippen LogP contribution in [0.15, 0.2) is 24.3 Å². The highest BCUT2D eigenvalue weighted by Gasteiger charge is 2.21. The maximum absolute atomic E-state index is 11.5. The van der Waals surface area contributed by atoms with Crippen LogP contribution in [-0.4, -0.2) is 24.9 Å². The van der Waals surface area contributed by atoms with Crippen LogP contribution in [0.3, 0.4) is 0 Å². The van der Waals surface area contributed by atoms with Crippen LogP contribution in [0.25, 0.3) is 0 Å². The Labute approximate surface area is 93.4 Å². The molecule has 0 fully saturated rings. The fraction of sp³-hybridized carbons (Fsp3) is 0.300. The standard InChI is InChI=1S/C10H11Cl2NO/c1-13(2)10(14)9(12)7-5-3-4-6-8(7)11/h3-6,9H,1-2H3. The monoisotopic (exact) mass is 231 g/mol. The van der Waals surface area contributed by atoms with Gasteiger partial charge in [-0.25, -0.2) is 0 Å². The van der Waals surface area contributed by atoms with Crippen LogP contribution in [-0.2, 0) is 4.79 Å². The summed E-state index contributed by atoms with van der Waals surface area (Å²) in [4.78, 5) is 13.0. The van der Waals surface area contributed by atoms with Gasteiger partial charge in [0.05, 0.1) is 0 Å². The average Bonchev–Trinajstić information content (AvgIpc) is 2.16. The third-order valence-electron chi connectivity index (χ3n) is 1.84. The van der Waals surface area contributed by atoms with Crippen molar-refractivity contribution in [2.24, 2.45) is 0 Å². The Kier molecular flexibility index (Phi) is 3.78.